The van der Waals surface area contributed by atoms with Crippen LogP contribution >= 0.6 is 11.6 Å². The minimum atomic E-state index is 0.123. The summed E-state index contributed by atoms with van der Waals surface area (Å²) in [7, 11) is 1.70. The van der Waals surface area contributed by atoms with Gasteiger partial charge in [0.1, 0.15) is 0 Å². The van der Waals surface area contributed by atoms with Gasteiger partial charge in [-0.25, -0.2) is 0 Å². The molecule has 5 nitrogen and oxygen atoms in total. The van der Waals surface area contributed by atoms with Crippen LogP contribution in [0.15, 0.2) is 0 Å². The summed E-state index contributed by atoms with van der Waals surface area (Å²) in [6, 6.07) is 0.238. The number of nitrogens with one attached hydrogen (secondary N) is 1. The maximum absolute atomic E-state index is 5.58. The van der Waals surface area contributed by atoms with Gasteiger partial charge >= 0.3 is 6.01 Å². The second-order valence-electron chi connectivity index (χ2n) is 1.89. The number of hydrogen-bond acceptors (Lipinski definition) is 5. The van der Waals surface area contributed by atoms with E-state index in [4.69, 9.17) is 16.3 Å². The Kier molecular flexibility index (Phi) is 3.04. The van der Waals surface area contributed by atoms with Gasteiger partial charge in [-0.3, -0.25) is 0 Å². The number of rotatable bonds is 3. The van der Waals surface area contributed by atoms with E-state index >= 15 is 0 Å². The predicted octanol–water partition coefficient (Wildman–Crippen LogP) is 0.965. The summed E-state index contributed by atoms with van der Waals surface area (Å²) in [4.78, 5) is 11.4. The molecule has 1 rings (SSSR count). The fraction of sp³-hybridized carbons (Fsp3) is 0.500. The lowest BCUT2D eigenvalue weighted by atomic mass is 10.8. The van der Waals surface area contributed by atoms with Gasteiger partial charge in [0.2, 0.25) is 11.2 Å². The average Bonchev–Trinajstić information content (AvgIpc) is 2.04. The van der Waals surface area contributed by atoms with E-state index in [0.717, 1.165) is 0 Å². The summed E-state index contributed by atoms with van der Waals surface area (Å²) >= 11 is 5.58. The molecule has 0 aliphatic heterocycles. The zero-order valence-electron chi connectivity index (χ0n) is 6.83. The van der Waals surface area contributed by atoms with Crippen LogP contribution in [0, 0.1) is 0 Å². The fourth-order valence-corrected chi connectivity index (χ4v) is 0.790. The second kappa shape index (κ2) is 4.06. The van der Waals surface area contributed by atoms with Crippen LogP contribution in [0.3, 0.4) is 0 Å². The first-order chi connectivity index (χ1) is 5.76. The van der Waals surface area contributed by atoms with Gasteiger partial charge in [-0.1, -0.05) is 0 Å². The van der Waals surface area contributed by atoms with E-state index in [1.165, 1.54) is 0 Å². The van der Waals surface area contributed by atoms with Crippen molar-refractivity contribution in [1.82, 2.24) is 15.0 Å². The molecule has 0 atom stereocenters. The highest BCUT2D eigenvalue weighted by molar-refractivity contribution is 6.28. The van der Waals surface area contributed by atoms with Crippen LogP contribution in [-0.2, 0) is 0 Å². The third kappa shape index (κ3) is 2.20. The average molecular weight is 189 g/mol. The predicted molar refractivity (Wildman–Crippen MR) is 45.6 cm³/mol. The van der Waals surface area contributed by atoms with Gasteiger partial charge in [-0.05, 0) is 18.5 Å². The van der Waals surface area contributed by atoms with Gasteiger partial charge in [0, 0.05) is 7.05 Å². The Morgan fingerprint density at radius 1 is 1.42 bits per heavy atom. The van der Waals surface area contributed by atoms with Gasteiger partial charge in [0.25, 0.3) is 0 Å². The Labute approximate surface area is 75.2 Å². The molecule has 1 N–H and O–H groups in total. The maximum atomic E-state index is 5.58. The van der Waals surface area contributed by atoms with Crippen molar-refractivity contribution in [3.05, 3.63) is 5.28 Å². The monoisotopic (exact) mass is 188 g/mol. The van der Waals surface area contributed by atoms with Crippen molar-refractivity contribution in [3.8, 4) is 6.01 Å². The summed E-state index contributed by atoms with van der Waals surface area (Å²) in [5, 5.41) is 2.86. The van der Waals surface area contributed by atoms with Crippen molar-refractivity contribution in [2.24, 2.45) is 0 Å². The highest BCUT2D eigenvalue weighted by atomic mass is 35.5. The molecule has 6 heteroatoms. The van der Waals surface area contributed by atoms with E-state index in [-0.39, 0.29) is 11.3 Å². The molecular formula is C6H9ClN4O. The van der Waals surface area contributed by atoms with Gasteiger partial charge in [-0.2, -0.15) is 15.0 Å². The molecular weight excluding hydrogens is 180 g/mol. The zero-order valence-corrected chi connectivity index (χ0v) is 7.59. The van der Waals surface area contributed by atoms with Crippen LogP contribution in [0.25, 0.3) is 0 Å². The third-order valence-electron chi connectivity index (χ3n) is 1.08. The lowest BCUT2D eigenvalue weighted by Crippen LogP contribution is -2.03. The van der Waals surface area contributed by atoms with Crippen LogP contribution in [-0.4, -0.2) is 28.6 Å². The Hall–Kier alpha value is -1.10. The Bertz CT molecular complexity index is 268. The van der Waals surface area contributed by atoms with Crippen LogP contribution < -0.4 is 10.1 Å². The molecule has 0 aliphatic carbocycles. The molecule has 12 heavy (non-hydrogen) atoms. The molecule has 0 aliphatic rings. The molecule has 66 valence electrons. The highest BCUT2D eigenvalue weighted by Crippen LogP contribution is 2.10. The van der Waals surface area contributed by atoms with Crippen molar-refractivity contribution in [2.75, 3.05) is 19.0 Å². The number of nitrogens with zero attached hydrogens (tertiary/aromatic N) is 3. The largest absolute Gasteiger partial charge is 0.464 e. The second-order valence-corrected chi connectivity index (χ2v) is 2.23. The zero-order chi connectivity index (χ0) is 8.97. The smallest absolute Gasteiger partial charge is 0.322 e. The molecule has 1 heterocycles. The molecule has 0 radical (unpaired) electrons. The molecule has 0 aromatic carbocycles. The van der Waals surface area contributed by atoms with E-state index in [1.54, 1.807) is 7.05 Å². The Morgan fingerprint density at radius 3 is 2.75 bits per heavy atom. The summed E-state index contributed by atoms with van der Waals surface area (Å²) in [5.41, 5.74) is 0. The first-order valence-corrected chi connectivity index (χ1v) is 3.86. The minimum Gasteiger partial charge on any atom is -0.464 e. The molecule has 0 saturated heterocycles. The third-order valence-corrected chi connectivity index (χ3v) is 1.25. The Morgan fingerprint density at radius 2 is 2.17 bits per heavy atom. The highest BCUT2D eigenvalue weighted by Gasteiger charge is 2.02. The van der Waals surface area contributed by atoms with E-state index in [2.05, 4.69) is 20.3 Å². The van der Waals surface area contributed by atoms with Crippen molar-refractivity contribution < 1.29 is 4.74 Å². The molecule has 1 aromatic heterocycles. The summed E-state index contributed by atoms with van der Waals surface area (Å²) in [5.74, 6) is 0.401. The van der Waals surface area contributed by atoms with E-state index in [1.807, 2.05) is 6.92 Å². The van der Waals surface area contributed by atoms with Crippen LogP contribution in [0.5, 0.6) is 6.01 Å². The molecule has 0 unspecified atom stereocenters. The number of halogens is 1. The van der Waals surface area contributed by atoms with Crippen LogP contribution in [0.1, 0.15) is 6.92 Å². The fourth-order valence-electron chi connectivity index (χ4n) is 0.637. The lowest BCUT2D eigenvalue weighted by Gasteiger charge is -2.02. The van der Waals surface area contributed by atoms with E-state index in [0.29, 0.717) is 12.6 Å². The standard InChI is InChI=1S/C6H9ClN4O/c1-3-12-6-10-4(7)9-5(8-2)11-6/h3H2,1-2H3,(H,8,9,10,11). The quantitative estimate of drug-likeness (QED) is 0.766. The van der Waals surface area contributed by atoms with Gasteiger partial charge in [0.05, 0.1) is 6.61 Å². The van der Waals surface area contributed by atoms with Crippen LogP contribution in [0.4, 0.5) is 5.95 Å². The van der Waals surface area contributed by atoms with Crippen molar-refractivity contribution in [2.45, 2.75) is 6.92 Å². The number of aromatic nitrogens is 3. The summed E-state index contributed by atoms with van der Waals surface area (Å²) in [6.45, 7) is 2.35. The lowest BCUT2D eigenvalue weighted by molar-refractivity contribution is 0.312. The van der Waals surface area contributed by atoms with Crippen molar-refractivity contribution in [3.63, 3.8) is 0 Å². The maximum Gasteiger partial charge on any atom is 0.322 e. The normalized spacial score (nSPS) is 9.58. The molecule has 1 aromatic rings. The Balaban J connectivity index is 2.90. The minimum absolute atomic E-state index is 0.123. The molecule has 0 bridgehead atoms. The van der Waals surface area contributed by atoms with Gasteiger partial charge in [-0.15, -0.1) is 0 Å². The number of anilines is 1. The first-order valence-electron chi connectivity index (χ1n) is 3.48. The summed E-state index contributed by atoms with van der Waals surface area (Å²) < 4.78 is 5.04. The van der Waals surface area contributed by atoms with Crippen LogP contribution in [0.2, 0.25) is 5.28 Å². The molecule has 0 saturated carbocycles. The molecule has 0 amide bonds. The van der Waals surface area contributed by atoms with Crippen molar-refractivity contribution >= 4 is 17.5 Å². The number of ether oxygens (including phenoxy) is 1. The topological polar surface area (TPSA) is 59.9 Å². The SMILES string of the molecule is CCOc1nc(Cl)nc(NC)n1. The molecule has 0 spiro atoms. The van der Waals surface area contributed by atoms with E-state index in [9.17, 15) is 0 Å². The van der Waals surface area contributed by atoms with Crippen molar-refractivity contribution in [1.29, 1.82) is 0 Å². The number of hydrogen-bond donors (Lipinski definition) is 1. The van der Waals surface area contributed by atoms with Gasteiger partial charge in [0.15, 0.2) is 0 Å². The first kappa shape index (κ1) is 8.99. The van der Waals surface area contributed by atoms with Gasteiger partial charge < -0.3 is 10.1 Å². The summed E-state index contributed by atoms with van der Waals surface area (Å²) in [6.07, 6.45) is 0. The molecule has 0 fully saturated rings. The van der Waals surface area contributed by atoms with E-state index < -0.39 is 0 Å².